The van der Waals surface area contributed by atoms with Crippen molar-refractivity contribution >= 4 is 40.4 Å². The van der Waals surface area contributed by atoms with Gasteiger partial charge in [-0.1, -0.05) is 23.4 Å². The molecule has 2 heterocycles. The Balaban J connectivity index is 0.00000196. The summed E-state index contributed by atoms with van der Waals surface area (Å²) in [6.45, 7) is 0.583. The molecule has 2 aromatic carbocycles. The molecule has 4 rings (SSSR count). The number of rotatable bonds is 4. The van der Waals surface area contributed by atoms with Gasteiger partial charge in [0.1, 0.15) is 23.8 Å². The fourth-order valence-corrected chi connectivity index (χ4v) is 2.91. The maximum atomic E-state index is 10.4. The fourth-order valence-electron chi connectivity index (χ4n) is 2.91. The predicted octanol–water partition coefficient (Wildman–Crippen LogP) is 2.81. The lowest BCUT2D eigenvalue weighted by Crippen LogP contribution is -2.15. The maximum Gasteiger partial charge on any atom is 0.199 e. The number of phenolic OH excluding ortho intramolecular Hbond substituents is 1. The van der Waals surface area contributed by atoms with Crippen LogP contribution in [0.5, 0.6) is 11.6 Å². The Morgan fingerprint density at radius 1 is 1.15 bits per heavy atom. The number of nitrogens with zero attached hydrogens (tertiary/aromatic N) is 2. The zero-order chi connectivity index (χ0) is 17.4. The average Bonchev–Trinajstić information content (AvgIpc) is 3.11. The quantitative estimate of drug-likeness (QED) is 0.416. The Kier molecular flexibility index (Phi) is 4.83. The molecule has 0 saturated heterocycles. The number of hydrogen-bond donors (Lipinski definition) is 4. The first-order valence-electron chi connectivity index (χ1n) is 7.81. The molecule has 0 bridgehead atoms. The van der Waals surface area contributed by atoms with Crippen LogP contribution in [0, 0.1) is 0 Å². The number of aliphatic imine (C=N–C) groups is 1. The number of fused-ring (bicyclic) bond motifs is 2. The second-order valence-electron chi connectivity index (χ2n) is 5.62. The summed E-state index contributed by atoms with van der Waals surface area (Å²) in [4.78, 5) is 12.8. The number of hydrogen-bond acceptors (Lipinski definition) is 6. The predicted molar refractivity (Wildman–Crippen MR) is 103 cm³/mol. The number of benzene rings is 2. The van der Waals surface area contributed by atoms with Crippen molar-refractivity contribution in [2.75, 3.05) is 13.2 Å². The Bertz CT molecular complexity index is 1030. The highest BCUT2D eigenvalue weighted by Gasteiger charge is 2.29. The van der Waals surface area contributed by atoms with Crippen molar-refractivity contribution in [2.24, 2.45) is 15.9 Å². The van der Waals surface area contributed by atoms with E-state index < -0.39 is 0 Å². The molecular formula is C18H17ClN4O3. The first-order chi connectivity index (χ1) is 12.2. The van der Waals surface area contributed by atoms with E-state index in [1.807, 2.05) is 24.3 Å². The topological polar surface area (TPSA) is 116 Å². The number of aromatic hydroxyl groups is 2. The van der Waals surface area contributed by atoms with Crippen molar-refractivity contribution in [1.82, 2.24) is 4.98 Å². The molecule has 0 spiro atoms. The van der Waals surface area contributed by atoms with Crippen LogP contribution >= 0.6 is 12.4 Å². The Labute approximate surface area is 155 Å². The zero-order valence-electron chi connectivity index (χ0n) is 13.6. The maximum absolute atomic E-state index is 10.4. The van der Waals surface area contributed by atoms with Crippen LogP contribution in [0.15, 0.2) is 52.6 Å². The number of nitrogens with one attached hydrogen (secondary N) is 1. The number of aromatic amines is 1. The highest BCUT2D eigenvalue weighted by molar-refractivity contribution is 6.58. The smallest absolute Gasteiger partial charge is 0.199 e. The lowest BCUT2D eigenvalue weighted by Gasteiger charge is -2.05. The van der Waals surface area contributed by atoms with E-state index in [4.69, 9.17) is 10.6 Å². The number of para-hydroxylation sites is 1. The van der Waals surface area contributed by atoms with E-state index in [1.54, 1.807) is 18.2 Å². The van der Waals surface area contributed by atoms with Crippen LogP contribution in [0.1, 0.15) is 11.1 Å². The van der Waals surface area contributed by atoms with E-state index in [0.717, 1.165) is 10.9 Å². The van der Waals surface area contributed by atoms with Gasteiger partial charge in [0.2, 0.25) is 0 Å². The van der Waals surface area contributed by atoms with E-state index in [2.05, 4.69) is 15.1 Å². The lowest BCUT2D eigenvalue weighted by molar-refractivity contribution is 0.153. The average molecular weight is 373 g/mol. The van der Waals surface area contributed by atoms with Crippen LogP contribution in [0.4, 0.5) is 5.69 Å². The third kappa shape index (κ3) is 2.87. The van der Waals surface area contributed by atoms with Gasteiger partial charge in [-0.2, -0.15) is 0 Å². The molecule has 1 aromatic heterocycles. The van der Waals surface area contributed by atoms with E-state index in [1.165, 1.54) is 0 Å². The van der Waals surface area contributed by atoms with Gasteiger partial charge in [0.25, 0.3) is 0 Å². The lowest BCUT2D eigenvalue weighted by atomic mass is 10.0. The van der Waals surface area contributed by atoms with Gasteiger partial charge in [-0.3, -0.25) is 0 Å². The molecule has 8 heteroatoms. The molecule has 0 radical (unpaired) electrons. The molecule has 5 N–H and O–H groups in total. The molecule has 134 valence electrons. The Hall–Kier alpha value is -3.03. The van der Waals surface area contributed by atoms with Crippen molar-refractivity contribution in [3.63, 3.8) is 0 Å². The summed E-state index contributed by atoms with van der Waals surface area (Å²) in [7, 11) is 0. The summed E-state index contributed by atoms with van der Waals surface area (Å²) in [6.07, 6.45) is 0. The number of nitrogens with two attached hydrogens (primary N) is 1. The monoisotopic (exact) mass is 372 g/mol. The van der Waals surface area contributed by atoms with E-state index >= 15 is 0 Å². The largest absolute Gasteiger partial charge is 0.508 e. The molecular weight excluding hydrogens is 356 g/mol. The van der Waals surface area contributed by atoms with Gasteiger partial charge in [-0.05, 0) is 24.3 Å². The van der Waals surface area contributed by atoms with Crippen LogP contribution in [0.3, 0.4) is 0 Å². The molecule has 3 aromatic rings. The molecule has 26 heavy (non-hydrogen) atoms. The van der Waals surface area contributed by atoms with Crippen LogP contribution in [0.2, 0.25) is 0 Å². The van der Waals surface area contributed by atoms with Gasteiger partial charge in [-0.15, -0.1) is 12.4 Å². The minimum atomic E-state index is 0. The first kappa shape index (κ1) is 17.8. The van der Waals surface area contributed by atoms with Gasteiger partial charge < -0.3 is 25.8 Å². The van der Waals surface area contributed by atoms with Gasteiger partial charge in [0.15, 0.2) is 5.88 Å². The zero-order valence-corrected chi connectivity index (χ0v) is 14.5. The van der Waals surface area contributed by atoms with Crippen molar-refractivity contribution in [1.29, 1.82) is 0 Å². The first-order valence-corrected chi connectivity index (χ1v) is 7.81. The van der Waals surface area contributed by atoms with E-state index in [9.17, 15) is 10.2 Å². The molecule has 1 aliphatic rings. The summed E-state index contributed by atoms with van der Waals surface area (Å²) in [6, 6.07) is 12.3. The van der Waals surface area contributed by atoms with Crippen molar-refractivity contribution in [3.8, 4) is 11.6 Å². The third-order valence-corrected chi connectivity index (χ3v) is 3.98. The van der Waals surface area contributed by atoms with E-state index in [-0.39, 0.29) is 30.6 Å². The number of oxime groups is 1. The van der Waals surface area contributed by atoms with E-state index in [0.29, 0.717) is 34.8 Å². The second-order valence-corrected chi connectivity index (χ2v) is 5.62. The molecule has 7 nitrogen and oxygen atoms in total. The molecule has 0 atom stereocenters. The number of aromatic nitrogens is 1. The number of halogens is 1. The van der Waals surface area contributed by atoms with Gasteiger partial charge in [0, 0.05) is 23.0 Å². The van der Waals surface area contributed by atoms with Crippen LogP contribution in [0.25, 0.3) is 10.9 Å². The minimum Gasteiger partial charge on any atom is -0.508 e. The van der Waals surface area contributed by atoms with Gasteiger partial charge in [0.05, 0.1) is 11.3 Å². The highest BCUT2D eigenvalue weighted by atomic mass is 35.5. The standard InChI is InChI=1S/C18H16N4O3.ClH/c19-7-8-25-22-16-12-9-10(23)5-6-14(12)20-17(16)15-11-3-1-2-4-13(11)21-18(15)24;/h1-6,9,21,23-24H,7-8,19H2;1H/b22-16+;. The van der Waals surface area contributed by atoms with Crippen molar-refractivity contribution in [2.45, 2.75) is 0 Å². The van der Waals surface area contributed by atoms with Crippen LogP contribution in [-0.4, -0.2) is 39.8 Å². The summed E-state index contributed by atoms with van der Waals surface area (Å²) in [5.74, 6) is 0.105. The van der Waals surface area contributed by atoms with Crippen LogP contribution in [-0.2, 0) is 4.84 Å². The Morgan fingerprint density at radius 2 is 1.96 bits per heavy atom. The second kappa shape index (κ2) is 7.07. The summed E-state index contributed by atoms with van der Waals surface area (Å²) in [5, 5.41) is 25.2. The summed E-state index contributed by atoms with van der Waals surface area (Å²) in [5.41, 5.74) is 8.99. The van der Waals surface area contributed by atoms with Gasteiger partial charge in [-0.25, -0.2) is 4.99 Å². The molecule has 0 fully saturated rings. The normalized spacial score (nSPS) is 14.2. The SMILES string of the molecule is Cl.NCCO/N=C1/C(c2c(O)[nH]c3ccccc23)=Nc2ccc(O)cc21. The minimum absolute atomic E-state index is 0. The molecule has 0 unspecified atom stereocenters. The molecule has 1 aliphatic heterocycles. The highest BCUT2D eigenvalue weighted by Crippen LogP contribution is 2.36. The molecule has 0 amide bonds. The summed E-state index contributed by atoms with van der Waals surface area (Å²) < 4.78 is 0. The molecule has 0 aliphatic carbocycles. The molecule has 0 saturated carbocycles. The third-order valence-electron chi connectivity index (χ3n) is 3.98. The summed E-state index contributed by atoms with van der Waals surface area (Å²) >= 11 is 0. The Morgan fingerprint density at radius 3 is 2.77 bits per heavy atom. The van der Waals surface area contributed by atoms with Crippen molar-refractivity contribution < 1.29 is 15.1 Å². The van der Waals surface area contributed by atoms with Crippen LogP contribution < -0.4 is 5.73 Å². The number of H-pyrrole nitrogens is 1. The van der Waals surface area contributed by atoms with Gasteiger partial charge >= 0.3 is 0 Å². The number of phenols is 1. The van der Waals surface area contributed by atoms with Crippen molar-refractivity contribution in [3.05, 3.63) is 53.6 Å². The fraction of sp³-hybridized carbons (Fsp3) is 0.111.